The molecule has 4 heteroatoms. The number of hydrogen-bond donors (Lipinski definition) is 1. The van der Waals surface area contributed by atoms with E-state index in [4.69, 9.17) is 4.74 Å². The molecule has 0 amide bonds. The number of aromatic nitrogens is 1. The highest BCUT2D eigenvalue weighted by Crippen LogP contribution is 2.27. The number of benzene rings is 1. The van der Waals surface area contributed by atoms with Crippen LogP contribution in [-0.4, -0.2) is 38.3 Å². The summed E-state index contributed by atoms with van der Waals surface area (Å²) >= 11 is 0. The molecule has 0 saturated heterocycles. The van der Waals surface area contributed by atoms with Crippen LogP contribution in [0.5, 0.6) is 5.75 Å². The fraction of sp³-hybridized carbons (Fsp3) is 0.438. The summed E-state index contributed by atoms with van der Waals surface area (Å²) in [6, 6.07) is 8.62. The van der Waals surface area contributed by atoms with E-state index in [1.807, 2.05) is 24.4 Å². The molecule has 0 bridgehead atoms. The van der Waals surface area contributed by atoms with E-state index in [2.05, 4.69) is 42.2 Å². The molecule has 1 heterocycles. The minimum absolute atomic E-state index is 0.504. The van der Waals surface area contributed by atoms with Gasteiger partial charge in [-0.3, -0.25) is 0 Å². The molecule has 2 aromatic rings. The van der Waals surface area contributed by atoms with Crippen LogP contribution in [0.3, 0.4) is 0 Å². The Morgan fingerprint density at radius 1 is 1.30 bits per heavy atom. The number of nitrogens with one attached hydrogen (secondary N) is 1. The zero-order valence-electron chi connectivity index (χ0n) is 12.7. The van der Waals surface area contributed by atoms with E-state index in [1.54, 1.807) is 7.11 Å². The molecule has 0 aliphatic carbocycles. The highest BCUT2D eigenvalue weighted by atomic mass is 16.5. The lowest BCUT2D eigenvalue weighted by Crippen LogP contribution is -2.33. The van der Waals surface area contributed by atoms with Gasteiger partial charge in [-0.1, -0.05) is 19.9 Å². The van der Waals surface area contributed by atoms with Crippen LogP contribution in [0.25, 0.3) is 10.8 Å². The monoisotopic (exact) mass is 273 g/mol. The minimum atomic E-state index is 0.504. The maximum Gasteiger partial charge on any atom is 0.136 e. The van der Waals surface area contributed by atoms with Crippen molar-refractivity contribution < 1.29 is 4.74 Å². The molecule has 0 spiro atoms. The maximum atomic E-state index is 5.31. The fourth-order valence-corrected chi connectivity index (χ4v) is 2.19. The van der Waals surface area contributed by atoms with E-state index in [9.17, 15) is 0 Å². The number of anilines is 1. The molecule has 108 valence electrons. The second-order valence-corrected chi connectivity index (χ2v) is 5.25. The second-order valence-electron chi connectivity index (χ2n) is 5.25. The normalized spacial score (nSPS) is 11.1. The van der Waals surface area contributed by atoms with E-state index < -0.39 is 0 Å². The number of likely N-dealkylation sites (N-methyl/N-ethyl adjacent to an activating group) is 1. The molecule has 1 aromatic carbocycles. The van der Waals surface area contributed by atoms with Crippen LogP contribution in [0, 0.1) is 0 Å². The van der Waals surface area contributed by atoms with Crippen molar-refractivity contribution >= 4 is 16.6 Å². The first-order chi connectivity index (χ1) is 9.61. The molecule has 0 unspecified atom stereocenters. The van der Waals surface area contributed by atoms with Crippen LogP contribution in [0.1, 0.15) is 13.8 Å². The van der Waals surface area contributed by atoms with E-state index >= 15 is 0 Å². The topological polar surface area (TPSA) is 37.4 Å². The summed E-state index contributed by atoms with van der Waals surface area (Å²) in [5.74, 6) is 1.85. The molecule has 0 aliphatic heterocycles. The quantitative estimate of drug-likeness (QED) is 0.878. The number of ether oxygens (including phenoxy) is 1. The van der Waals surface area contributed by atoms with Gasteiger partial charge in [-0.05, 0) is 23.6 Å². The minimum Gasteiger partial charge on any atom is -0.497 e. The molecule has 2 rings (SSSR count). The second kappa shape index (κ2) is 6.57. The van der Waals surface area contributed by atoms with E-state index in [-0.39, 0.29) is 0 Å². The lowest BCUT2D eigenvalue weighted by molar-refractivity contribution is 0.415. The van der Waals surface area contributed by atoms with Crippen LogP contribution in [-0.2, 0) is 0 Å². The van der Waals surface area contributed by atoms with Gasteiger partial charge in [-0.2, -0.15) is 0 Å². The standard InChI is InChI=1S/C16H23N3O/c1-12(2)17-9-10-19(3)16-15-11-14(20-4)6-5-13(15)7-8-18-16/h5-8,11-12,17H,9-10H2,1-4H3. The van der Waals surface area contributed by atoms with Crippen molar-refractivity contribution in [3.63, 3.8) is 0 Å². The number of fused-ring (bicyclic) bond motifs is 1. The number of rotatable bonds is 6. The first kappa shape index (κ1) is 14.6. The lowest BCUT2D eigenvalue weighted by Gasteiger charge is -2.21. The van der Waals surface area contributed by atoms with Crippen LogP contribution in [0.4, 0.5) is 5.82 Å². The lowest BCUT2D eigenvalue weighted by atomic mass is 10.1. The van der Waals surface area contributed by atoms with E-state index in [1.165, 1.54) is 5.39 Å². The van der Waals surface area contributed by atoms with Crippen molar-refractivity contribution in [1.29, 1.82) is 0 Å². The highest BCUT2D eigenvalue weighted by Gasteiger charge is 2.08. The van der Waals surface area contributed by atoms with Gasteiger partial charge in [0.25, 0.3) is 0 Å². The van der Waals surface area contributed by atoms with Gasteiger partial charge >= 0.3 is 0 Å². The summed E-state index contributed by atoms with van der Waals surface area (Å²) in [6.45, 7) is 6.17. The average molecular weight is 273 g/mol. The number of nitrogens with zero attached hydrogens (tertiary/aromatic N) is 2. The predicted octanol–water partition coefficient (Wildman–Crippen LogP) is 2.68. The van der Waals surface area contributed by atoms with Crippen molar-refractivity contribution in [3.8, 4) is 5.75 Å². The third-order valence-corrected chi connectivity index (χ3v) is 3.31. The number of pyridine rings is 1. The Morgan fingerprint density at radius 3 is 2.80 bits per heavy atom. The first-order valence-electron chi connectivity index (χ1n) is 6.99. The zero-order valence-corrected chi connectivity index (χ0v) is 12.7. The third kappa shape index (κ3) is 3.39. The summed E-state index contributed by atoms with van der Waals surface area (Å²) in [5.41, 5.74) is 0. The van der Waals surface area contributed by atoms with Crippen LogP contribution in [0.2, 0.25) is 0 Å². The number of hydrogen-bond acceptors (Lipinski definition) is 4. The molecule has 0 radical (unpaired) electrons. The molecular formula is C16H23N3O. The maximum absolute atomic E-state index is 5.31. The van der Waals surface area contributed by atoms with E-state index in [0.717, 1.165) is 30.0 Å². The van der Waals surface area contributed by atoms with Crippen LogP contribution < -0.4 is 15.0 Å². The van der Waals surface area contributed by atoms with Gasteiger partial charge < -0.3 is 15.0 Å². The fourth-order valence-electron chi connectivity index (χ4n) is 2.19. The van der Waals surface area contributed by atoms with Crippen LogP contribution in [0.15, 0.2) is 30.5 Å². The Bertz CT molecular complexity index is 569. The van der Waals surface area contributed by atoms with Gasteiger partial charge in [0.05, 0.1) is 7.11 Å². The summed E-state index contributed by atoms with van der Waals surface area (Å²) in [7, 11) is 3.76. The van der Waals surface area contributed by atoms with Gasteiger partial charge in [0.1, 0.15) is 11.6 Å². The highest BCUT2D eigenvalue weighted by molar-refractivity contribution is 5.93. The first-order valence-corrected chi connectivity index (χ1v) is 6.99. The molecular weight excluding hydrogens is 250 g/mol. The number of methoxy groups -OCH3 is 1. The van der Waals surface area contributed by atoms with E-state index in [0.29, 0.717) is 6.04 Å². The van der Waals surface area contributed by atoms with Crippen molar-refractivity contribution in [1.82, 2.24) is 10.3 Å². The van der Waals surface area contributed by atoms with Crippen molar-refractivity contribution in [2.24, 2.45) is 0 Å². The summed E-state index contributed by atoms with van der Waals surface area (Å²) in [5, 5.41) is 5.73. The van der Waals surface area contributed by atoms with Gasteiger partial charge in [-0.15, -0.1) is 0 Å². The summed E-state index contributed by atoms with van der Waals surface area (Å²) in [4.78, 5) is 6.70. The Morgan fingerprint density at radius 2 is 2.10 bits per heavy atom. The smallest absolute Gasteiger partial charge is 0.136 e. The SMILES string of the molecule is COc1ccc2ccnc(N(C)CCNC(C)C)c2c1. The Balaban J connectivity index is 2.23. The van der Waals surface area contributed by atoms with Crippen molar-refractivity contribution in [3.05, 3.63) is 30.5 Å². The molecule has 20 heavy (non-hydrogen) atoms. The summed E-state index contributed by atoms with van der Waals surface area (Å²) < 4.78 is 5.31. The summed E-state index contributed by atoms with van der Waals surface area (Å²) in [6.07, 6.45) is 1.86. The molecule has 1 N–H and O–H groups in total. The zero-order chi connectivity index (χ0) is 14.5. The van der Waals surface area contributed by atoms with Gasteiger partial charge in [-0.25, -0.2) is 4.98 Å². The Labute approximate surface area is 120 Å². The molecule has 0 atom stereocenters. The molecule has 1 aromatic heterocycles. The van der Waals surface area contributed by atoms with Crippen molar-refractivity contribution in [2.45, 2.75) is 19.9 Å². The van der Waals surface area contributed by atoms with Crippen molar-refractivity contribution in [2.75, 3.05) is 32.1 Å². The third-order valence-electron chi connectivity index (χ3n) is 3.31. The molecule has 4 nitrogen and oxygen atoms in total. The predicted molar refractivity (Wildman–Crippen MR) is 84.7 cm³/mol. The van der Waals surface area contributed by atoms with Gasteiger partial charge in [0.2, 0.25) is 0 Å². The van der Waals surface area contributed by atoms with Crippen LogP contribution >= 0.6 is 0 Å². The largest absolute Gasteiger partial charge is 0.497 e. The van der Waals surface area contributed by atoms with Gasteiger partial charge in [0, 0.05) is 37.8 Å². The Hall–Kier alpha value is -1.81. The molecule has 0 aliphatic rings. The Kier molecular flexibility index (Phi) is 4.79. The average Bonchev–Trinajstić information content (AvgIpc) is 2.45. The molecule has 0 saturated carbocycles. The van der Waals surface area contributed by atoms with Gasteiger partial charge in [0.15, 0.2) is 0 Å². The molecule has 0 fully saturated rings.